The molecule has 0 spiro atoms. The van der Waals surface area contributed by atoms with Crippen LogP contribution in [0.3, 0.4) is 0 Å². The van der Waals surface area contributed by atoms with Crippen molar-refractivity contribution in [1.29, 1.82) is 0 Å². The zero-order chi connectivity index (χ0) is 22.6. The lowest BCUT2D eigenvalue weighted by Gasteiger charge is -2.43. The Hall–Kier alpha value is -1.97. The van der Waals surface area contributed by atoms with Crippen LogP contribution in [0.25, 0.3) is 0 Å². The van der Waals surface area contributed by atoms with Crippen molar-refractivity contribution < 1.29 is 63.8 Å². The van der Waals surface area contributed by atoms with E-state index in [0.29, 0.717) is 0 Å². The van der Waals surface area contributed by atoms with E-state index in [4.69, 9.17) is 23.7 Å². The molecule has 0 amide bonds. The minimum atomic E-state index is -6.00. The average Bonchev–Trinajstić information content (AvgIpc) is 2.54. The Morgan fingerprint density at radius 1 is 0.897 bits per heavy atom. The summed E-state index contributed by atoms with van der Waals surface area (Å²) in [4.78, 5) is 34.3. The fraction of sp³-hybridized carbons (Fsp3) is 0.786. The van der Waals surface area contributed by atoms with Gasteiger partial charge in [-0.25, -0.2) is 0 Å². The first-order valence-electron chi connectivity index (χ1n) is 7.85. The number of esters is 3. The van der Waals surface area contributed by atoms with Gasteiger partial charge in [-0.2, -0.15) is 21.6 Å². The van der Waals surface area contributed by atoms with Crippen LogP contribution in [0.4, 0.5) is 13.2 Å². The highest BCUT2D eigenvalue weighted by Crippen LogP contribution is 2.31. The van der Waals surface area contributed by atoms with E-state index < -0.39 is 70.8 Å². The van der Waals surface area contributed by atoms with Crippen molar-refractivity contribution >= 4 is 28.0 Å². The second kappa shape index (κ2) is 9.69. The van der Waals surface area contributed by atoms with Crippen molar-refractivity contribution in [2.24, 2.45) is 0 Å². The molecule has 1 aliphatic heterocycles. The SMILES string of the molecule is CO[C@H]1O[C@H](COS(=O)(=O)C(F)(F)F)[C@@H](OC(C)=O)[C@H](OC(C)=O)[C@H]1OC(C)=O. The molecule has 168 valence electrons. The Labute approximate surface area is 163 Å². The van der Waals surface area contributed by atoms with Crippen molar-refractivity contribution in [2.45, 2.75) is 57.0 Å². The minimum absolute atomic E-state index is 0.867. The lowest BCUT2D eigenvalue weighted by atomic mass is 9.98. The highest BCUT2D eigenvalue weighted by atomic mass is 32.2. The van der Waals surface area contributed by atoms with Crippen LogP contribution in [0.2, 0.25) is 0 Å². The van der Waals surface area contributed by atoms with Gasteiger partial charge in [-0.15, -0.1) is 0 Å². The smallest absolute Gasteiger partial charge is 0.456 e. The van der Waals surface area contributed by atoms with Gasteiger partial charge in [0, 0.05) is 27.9 Å². The second-order valence-corrected chi connectivity index (χ2v) is 7.29. The van der Waals surface area contributed by atoms with E-state index in [0.717, 1.165) is 27.9 Å². The van der Waals surface area contributed by atoms with Gasteiger partial charge in [-0.3, -0.25) is 18.6 Å². The van der Waals surface area contributed by atoms with Crippen molar-refractivity contribution in [3.8, 4) is 0 Å². The molecule has 1 fully saturated rings. The summed E-state index contributed by atoms with van der Waals surface area (Å²) in [5.74, 6) is -2.77. The molecule has 0 bridgehead atoms. The van der Waals surface area contributed by atoms with Crippen LogP contribution in [-0.2, 0) is 52.4 Å². The number of hydrogen-bond donors (Lipinski definition) is 0. The Bertz CT molecular complexity index is 721. The van der Waals surface area contributed by atoms with Gasteiger partial charge in [0.25, 0.3) is 0 Å². The first-order chi connectivity index (χ1) is 13.2. The summed E-state index contributed by atoms with van der Waals surface area (Å²) in [5.41, 5.74) is -5.71. The largest absolute Gasteiger partial charge is 0.523 e. The van der Waals surface area contributed by atoms with E-state index in [2.05, 4.69) is 4.18 Å². The molecule has 0 aliphatic carbocycles. The first-order valence-corrected chi connectivity index (χ1v) is 9.26. The molecule has 0 aromatic rings. The molecule has 1 rings (SSSR count). The molecular formula is C14H19F3O11S. The number of alkyl halides is 3. The lowest BCUT2D eigenvalue weighted by Crippen LogP contribution is -2.62. The Balaban J connectivity index is 3.26. The first kappa shape index (κ1) is 25.1. The van der Waals surface area contributed by atoms with E-state index in [-0.39, 0.29) is 0 Å². The van der Waals surface area contributed by atoms with E-state index in [1.165, 1.54) is 0 Å². The zero-order valence-electron chi connectivity index (χ0n) is 15.6. The number of ether oxygens (including phenoxy) is 5. The topological polar surface area (TPSA) is 141 Å². The standard InChI is InChI=1S/C14H19F3O11S/c1-6(18)25-10-9(5-24-29(21,22)14(15,16)17)28-13(23-4)12(27-8(3)20)11(10)26-7(2)19/h9-13H,5H2,1-4H3/t9-,10-,11+,12-,13+/m1/s1. The number of carbonyl (C=O) groups excluding carboxylic acids is 3. The van der Waals surface area contributed by atoms with Gasteiger partial charge >= 0.3 is 33.5 Å². The monoisotopic (exact) mass is 452 g/mol. The van der Waals surface area contributed by atoms with Gasteiger partial charge in [0.2, 0.25) is 0 Å². The van der Waals surface area contributed by atoms with Crippen LogP contribution in [0, 0.1) is 0 Å². The van der Waals surface area contributed by atoms with Gasteiger partial charge in [0.1, 0.15) is 6.10 Å². The third-order valence-corrected chi connectivity index (χ3v) is 4.41. The van der Waals surface area contributed by atoms with E-state index in [1.54, 1.807) is 0 Å². The van der Waals surface area contributed by atoms with Crippen LogP contribution >= 0.6 is 0 Å². The van der Waals surface area contributed by atoms with Crippen LogP contribution < -0.4 is 0 Å². The maximum atomic E-state index is 12.5. The summed E-state index contributed by atoms with van der Waals surface area (Å²) in [6.07, 6.45) is -7.98. The Morgan fingerprint density at radius 3 is 1.76 bits per heavy atom. The predicted octanol–water partition coefficient (Wildman–Crippen LogP) is 0.0190. The number of rotatable bonds is 7. The predicted molar refractivity (Wildman–Crippen MR) is 83.3 cm³/mol. The Morgan fingerprint density at radius 2 is 1.34 bits per heavy atom. The van der Waals surface area contributed by atoms with E-state index in [9.17, 15) is 36.0 Å². The summed E-state index contributed by atoms with van der Waals surface area (Å²) in [7, 11) is -4.93. The third kappa shape index (κ3) is 6.80. The summed E-state index contributed by atoms with van der Waals surface area (Å²) < 4.78 is 88.8. The minimum Gasteiger partial charge on any atom is -0.456 e. The van der Waals surface area contributed by atoms with Crippen LogP contribution in [-0.4, -0.2) is 76.3 Å². The highest BCUT2D eigenvalue weighted by Gasteiger charge is 2.54. The fourth-order valence-corrected chi connectivity index (χ4v) is 2.85. The Kier molecular flexibility index (Phi) is 8.37. The normalized spacial score (nSPS) is 27.8. The third-order valence-electron chi connectivity index (χ3n) is 3.40. The summed E-state index contributed by atoms with van der Waals surface area (Å²) in [6, 6.07) is 0. The van der Waals surface area contributed by atoms with Crippen molar-refractivity contribution in [1.82, 2.24) is 0 Å². The van der Waals surface area contributed by atoms with Gasteiger partial charge in [-0.1, -0.05) is 0 Å². The molecule has 0 radical (unpaired) electrons. The molecule has 0 saturated carbocycles. The van der Waals surface area contributed by atoms with Crippen LogP contribution in [0.5, 0.6) is 0 Å². The average molecular weight is 452 g/mol. The van der Waals surface area contributed by atoms with E-state index in [1.807, 2.05) is 0 Å². The summed E-state index contributed by atoms with van der Waals surface area (Å²) in [6.45, 7) is 1.62. The van der Waals surface area contributed by atoms with Crippen LogP contribution in [0.1, 0.15) is 20.8 Å². The molecule has 0 unspecified atom stereocenters. The van der Waals surface area contributed by atoms with E-state index >= 15 is 0 Å². The lowest BCUT2D eigenvalue weighted by molar-refractivity contribution is -0.301. The van der Waals surface area contributed by atoms with Gasteiger partial charge in [0.05, 0.1) is 6.61 Å². The number of halogens is 3. The number of methoxy groups -OCH3 is 1. The molecule has 0 N–H and O–H groups in total. The van der Waals surface area contributed by atoms with Crippen molar-refractivity contribution in [3.05, 3.63) is 0 Å². The highest BCUT2D eigenvalue weighted by molar-refractivity contribution is 7.87. The maximum Gasteiger partial charge on any atom is 0.523 e. The quantitative estimate of drug-likeness (QED) is 0.223. The molecule has 0 aromatic heterocycles. The summed E-state index contributed by atoms with van der Waals surface area (Å²) in [5, 5.41) is 0. The summed E-state index contributed by atoms with van der Waals surface area (Å²) >= 11 is 0. The number of carbonyl (C=O) groups is 3. The van der Waals surface area contributed by atoms with Gasteiger partial charge in [0.15, 0.2) is 24.6 Å². The van der Waals surface area contributed by atoms with Gasteiger partial charge < -0.3 is 23.7 Å². The number of hydrogen-bond acceptors (Lipinski definition) is 11. The van der Waals surface area contributed by atoms with Crippen molar-refractivity contribution in [3.63, 3.8) is 0 Å². The second-order valence-electron chi connectivity index (χ2n) is 5.69. The molecule has 29 heavy (non-hydrogen) atoms. The molecule has 1 aliphatic rings. The molecular weight excluding hydrogens is 433 g/mol. The molecule has 1 heterocycles. The van der Waals surface area contributed by atoms with Gasteiger partial charge in [-0.05, 0) is 0 Å². The van der Waals surface area contributed by atoms with Crippen LogP contribution in [0.15, 0.2) is 0 Å². The molecule has 0 aromatic carbocycles. The fourth-order valence-electron chi connectivity index (χ4n) is 2.40. The zero-order valence-corrected chi connectivity index (χ0v) is 16.4. The molecule has 15 heteroatoms. The maximum absolute atomic E-state index is 12.5. The molecule has 1 saturated heterocycles. The molecule has 11 nitrogen and oxygen atoms in total. The molecule has 5 atom stereocenters. The van der Waals surface area contributed by atoms with Crippen molar-refractivity contribution in [2.75, 3.05) is 13.7 Å².